The third-order valence-electron chi connectivity index (χ3n) is 5.70. The number of rotatable bonds is 7. The highest BCUT2D eigenvalue weighted by atomic mass is 32.1. The van der Waals surface area contributed by atoms with Gasteiger partial charge in [0, 0.05) is 12.1 Å². The van der Waals surface area contributed by atoms with E-state index >= 15 is 0 Å². The largest absolute Gasteiger partial charge is 0.619 e. The molecule has 0 aliphatic carbocycles. The summed E-state index contributed by atoms with van der Waals surface area (Å²) >= 11 is 1.21. The van der Waals surface area contributed by atoms with Gasteiger partial charge in [-0.05, 0) is 43.2 Å². The van der Waals surface area contributed by atoms with E-state index in [1.165, 1.54) is 23.0 Å². The van der Waals surface area contributed by atoms with Gasteiger partial charge in [0.25, 0.3) is 5.56 Å². The molecule has 186 valence electrons. The van der Waals surface area contributed by atoms with Crippen LogP contribution in [0.1, 0.15) is 31.0 Å². The molecule has 9 nitrogen and oxygen atoms in total. The standard InChI is InChI=1S/C26H25N3O6S/c1-6-35-25(31)22-15(2)27-26-29(23(22)17-8-7-9-18(14-17)28(3)32)24(30)21(36-26)13-16-10-11-19(33-4)20(12-16)34-5/h7-14,23H,3,6H2,1-2,4-5H3/b21-13-. The molecule has 0 saturated carbocycles. The third-order valence-corrected chi connectivity index (χ3v) is 6.68. The van der Waals surface area contributed by atoms with E-state index in [0.717, 1.165) is 5.56 Å². The molecule has 1 unspecified atom stereocenters. The van der Waals surface area contributed by atoms with Crippen LogP contribution in [0.3, 0.4) is 0 Å². The summed E-state index contributed by atoms with van der Waals surface area (Å²) in [6, 6.07) is 11.1. The lowest BCUT2D eigenvalue weighted by Crippen LogP contribution is -2.40. The molecule has 1 atom stereocenters. The van der Waals surface area contributed by atoms with Crippen LogP contribution in [-0.4, -0.2) is 42.8 Å². The number of esters is 1. The molecule has 1 aliphatic heterocycles. The smallest absolute Gasteiger partial charge is 0.338 e. The van der Waals surface area contributed by atoms with Gasteiger partial charge in [0.15, 0.2) is 16.3 Å². The maximum Gasteiger partial charge on any atom is 0.338 e. The molecule has 36 heavy (non-hydrogen) atoms. The first kappa shape index (κ1) is 24.9. The van der Waals surface area contributed by atoms with Crippen LogP contribution in [0.5, 0.6) is 11.5 Å². The second kappa shape index (κ2) is 10.2. The summed E-state index contributed by atoms with van der Waals surface area (Å²) in [6.45, 7) is 6.98. The number of thiazole rings is 1. The number of carbonyl (C=O) groups excluding carboxylic acids is 1. The molecule has 3 aromatic rings. The Morgan fingerprint density at radius 1 is 1.22 bits per heavy atom. The van der Waals surface area contributed by atoms with E-state index in [-0.39, 0.29) is 23.4 Å². The minimum atomic E-state index is -0.826. The Labute approximate surface area is 211 Å². The molecular formula is C26H25N3O6S. The van der Waals surface area contributed by atoms with Gasteiger partial charge in [0.2, 0.25) is 5.69 Å². The maximum atomic E-state index is 13.7. The number of carbonyl (C=O) groups is 1. The van der Waals surface area contributed by atoms with Crippen LogP contribution in [0.15, 0.2) is 63.5 Å². The van der Waals surface area contributed by atoms with Crippen LogP contribution in [0.2, 0.25) is 0 Å². The average Bonchev–Trinajstić information content (AvgIpc) is 3.17. The minimum Gasteiger partial charge on any atom is -0.619 e. The van der Waals surface area contributed by atoms with Crippen molar-refractivity contribution >= 4 is 35.8 Å². The molecule has 2 aromatic carbocycles. The van der Waals surface area contributed by atoms with Gasteiger partial charge in [-0.3, -0.25) is 9.36 Å². The molecule has 0 N–H and O–H groups in total. The zero-order valence-electron chi connectivity index (χ0n) is 20.3. The number of hydrogen-bond acceptors (Lipinski definition) is 8. The normalized spacial score (nSPS) is 15.2. The fourth-order valence-corrected chi connectivity index (χ4v) is 5.10. The number of fused-ring (bicyclic) bond motifs is 1. The van der Waals surface area contributed by atoms with Crippen molar-refractivity contribution in [1.29, 1.82) is 0 Å². The lowest BCUT2D eigenvalue weighted by molar-refractivity contribution is -0.349. The van der Waals surface area contributed by atoms with Crippen molar-refractivity contribution in [1.82, 2.24) is 4.57 Å². The topological polar surface area (TPSA) is 105 Å². The molecule has 4 rings (SSSR count). The van der Waals surface area contributed by atoms with Gasteiger partial charge in [0.05, 0.1) is 42.7 Å². The number of ether oxygens (including phenoxy) is 3. The molecule has 0 saturated heterocycles. The molecular weight excluding hydrogens is 482 g/mol. The van der Waals surface area contributed by atoms with Gasteiger partial charge >= 0.3 is 5.97 Å². The Morgan fingerprint density at radius 3 is 2.64 bits per heavy atom. The first-order valence-corrected chi connectivity index (χ1v) is 11.9. The van der Waals surface area contributed by atoms with Gasteiger partial charge in [-0.25, -0.2) is 9.79 Å². The number of benzene rings is 2. The fourth-order valence-electron chi connectivity index (χ4n) is 4.05. The van der Waals surface area contributed by atoms with Crippen LogP contribution in [-0.2, 0) is 9.53 Å². The second-order valence-corrected chi connectivity index (χ2v) is 8.90. The molecule has 0 radical (unpaired) electrons. The molecule has 1 aliphatic rings. The van der Waals surface area contributed by atoms with Crippen molar-refractivity contribution < 1.29 is 23.7 Å². The van der Waals surface area contributed by atoms with E-state index in [1.807, 2.05) is 6.07 Å². The van der Waals surface area contributed by atoms with Crippen LogP contribution >= 0.6 is 11.3 Å². The van der Waals surface area contributed by atoms with E-state index in [1.54, 1.807) is 63.4 Å². The lowest BCUT2D eigenvalue weighted by atomic mass is 9.95. The van der Waals surface area contributed by atoms with Crippen molar-refractivity contribution in [2.75, 3.05) is 20.8 Å². The van der Waals surface area contributed by atoms with Crippen LogP contribution < -0.4 is 24.4 Å². The Bertz CT molecular complexity index is 1570. The number of allylic oxidation sites excluding steroid dienone is 1. The lowest BCUT2D eigenvalue weighted by Gasteiger charge is -2.24. The van der Waals surface area contributed by atoms with Crippen LogP contribution in [0.4, 0.5) is 5.69 Å². The number of nitrogens with zero attached hydrogens (tertiary/aromatic N) is 3. The summed E-state index contributed by atoms with van der Waals surface area (Å²) in [4.78, 5) is 31.7. The molecule has 1 aromatic heterocycles. The molecule has 0 amide bonds. The zero-order valence-corrected chi connectivity index (χ0v) is 21.1. The highest BCUT2D eigenvalue weighted by Crippen LogP contribution is 2.32. The predicted octanol–water partition coefficient (Wildman–Crippen LogP) is 2.66. The molecule has 0 spiro atoms. The van der Waals surface area contributed by atoms with Crippen LogP contribution in [0, 0.1) is 5.21 Å². The Balaban J connectivity index is 1.95. The van der Waals surface area contributed by atoms with Gasteiger partial charge in [-0.1, -0.05) is 29.5 Å². The maximum absolute atomic E-state index is 13.7. The Hall–Kier alpha value is -4.18. The van der Waals surface area contributed by atoms with E-state index in [0.29, 0.717) is 36.8 Å². The molecule has 2 heterocycles. The molecule has 0 bridgehead atoms. The van der Waals surface area contributed by atoms with E-state index in [2.05, 4.69) is 11.7 Å². The summed E-state index contributed by atoms with van der Waals surface area (Å²) < 4.78 is 18.3. The van der Waals surface area contributed by atoms with Gasteiger partial charge < -0.3 is 19.4 Å². The number of methoxy groups -OCH3 is 2. The minimum absolute atomic E-state index is 0.166. The Morgan fingerprint density at radius 2 is 1.97 bits per heavy atom. The highest BCUT2D eigenvalue weighted by Gasteiger charge is 2.33. The van der Waals surface area contributed by atoms with Gasteiger partial charge in [-0.15, -0.1) is 0 Å². The molecule has 10 heteroatoms. The van der Waals surface area contributed by atoms with Crippen molar-refractivity contribution in [3.05, 3.63) is 89.8 Å². The van der Waals surface area contributed by atoms with E-state index in [9.17, 15) is 14.8 Å². The quantitative estimate of drug-likeness (QED) is 0.160. The summed E-state index contributed by atoms with van der Waals surface area (Å²) in [5, 5.41) is 11.9. The second-order valence-electron chi connectivity index (χ2n) is 7.89. The third kappa shape index (κ3) is 4.55. The van der Waals surface area contributed by atoms with Gasteiger partial charge in [0.1, 0.15) is 6.72 Å². The first-order chi connectivity index (χ1) is 17.3. The summed E-state index contributed by atoms with van der Waals surface area (Å²) in [7, 11) is 3.09. The summed E-state index contributed by atoms with van der Waals surface area (Å²) in [6.07, 6.45) is 1.73. The first-order valence-electron chi connectivity index (χ1n) is 11.1. The SMILES string of the molecule is C=[N+]([O-])c1cccc(C2C(C(=O)OCC)=C(C)N=c3s/c(=C\c4ccc(OC)c(OC)c4)c(=O)n32)c1. The van der Waals surface area contributed by atoms with Crippen molar-refractivity contribution in [3.63, 3.8) is 0 Å². The average molecular weight is 508 g/mol. The molecule has 0 fully saturated rings. The summed E-state index contributed by atoms with van der Waals surface area (Å²) in [5.41, 5.74) is 1.94. The monoisotopic (exact) mass is 507 g/mol. The van der Waals surface area contributed by atoms with Crippen molar-refractivity contribution in [3.8, 4) is 11.5 Å². The Kier molecular flexibility index (Phi) is 7.07. The fraction of sp³-hybridized carbons (Fsp3) is 0.231. The summed E-state index contributed by atoms with van der Waals surface area (Å²) in [5.74, 6) is 0.532. The zero-order chi connectivity index (χ0) is 26.0. The van der Waals surface area contributed by atoms with Crippen LogP contribution in [0.25, 0.3) is 6.08 Å². The van der Waals surface area contributed by atoms with Crippen molar-refractivity contribution in [2.24, 2.45) is 4.99 Å². The van der Waals surface area contributed by atoms with Crippen molar-refractivity contribution in [2.45, 2.75) is 19.9 Å². The highest BCUT2D eigenvalue weighted by molar-refractivity contribution is 7.07. The van der Waals surface area contributed by atoms with E-state index in [4.69, 9.17) is 14.2 Å². The van der Waals surface area contributed by atoms with Gasteiger partial charge in [-0.2, -0.15) is 4.74 Å². The number of hydrogen-bond donors (Lipinski definition) is 0. The van der Waals surface area contributed by atoms with E-state index < -0.39 is 12.0 Å². The predicted molar refractivity (Wildman–Crippen MR) is 137 cm³/mol. The number of aromatic nitrogens is 1.